The van der Waals surface area contributed by atoms with Crippen LogP contribution in [0.4, 0.5) is 11.4 Å². The van der Waals surface area contributed by atoms with Crippen LogP contribution in [0.25, 0.3) is 0 Å². The number of carbonyl (C=O) groups excluding carboxylic acids is 1. The Hall–Kier alpha value is -2.69. The molecule has 0 fully saturated rings. The highest BCUT2D eigenvalue weighted by Crippen LogP contribution is 2.24. The third kappa shape index (κ3) is 3.94. The van der Waals surface area contributed by atoms with Crippen LogP contribution >= 0.6 is 0 Å². The summed E-state index contributed by atoms with van der Waals surface area (Å²) in [5.74, 6) is -0.234. The average molecular weight is 312 g/mol. The molecule has 0 bridgehead atoms. The van der Waals surface area contributed by atoms with Gasteiger partial charge in [0.05, 0.1) is 4.92 Å². The number of nitro benzene ring substituents is 1. The van der Waals surface area contributed by atoms with E-state index in [1.54, 1.807) is 25.1 Å². The number of benzene rings is 2. The Morgan fingerprint density at radius 3 is 2.17 bits per heavy atom. The largest absolute Gasteiger partial charge is 0.322 e. The first-order chi connectivity index (χ1) is 10.7. The van der Waals surface area contributed by atoms with E-state index in [9.17, 15) is 14.9 Å². The molecular weight excluding hydrogens is 292 g/mol. The quantitative estimate of drug-likeness (QED) is 0.672. The molecule has 2 aromatic rings. The van der Waals surface area contributed by atoms with Crippen molar-refractivity contribution < 1.29 is 9.72 Å². The van der Waals surface area contributed by atoms with E-state index in [1.165, 1.54) is 12.1 Å². The Morgan fingerprint density at radius 1 is 1.09 bits per heavy atom. The molecule has 120 valence electrons. The molecule has 2 rings (SSSR count). The molecule has 23 heavy (non-hydrogen) atoms. The van der Waals surface area contributed by atoms with E-state index in [2.05, 4.69) is 26.1 Å². The lowest BCUT2D eigenvalue weighted by Crippen LogP contribution is -2.14. The number of carbonyl (C=O) groups is 1. The van der Waals surface area contributed by atoms with Crippen molar-refractivity contribution in [2.45, 2.75) is 33.1 Å². The van der Waals surface area contributed by atoms with Gasteiger partial charge in [0, 0.05) is 23.4 Å². The number of amides is 1. The van der Waals surface area contributed by atoms with Crippen molar-refractivity contribution in [3.8, 4) is 0 Å². The first-order valence-corrected chi connectivity index (χ1v) is 7.35. The summed E-state index contributed by atoms with van der Waals surface area (Å²) in [5, 5.41) is 13.5. The summed E-state index contributed by atoms with van der Waals surface area (Å²) in [6.45, 7) is 8.07. The zero-order valence-corrected chi connectivity index (χ0v) is 13.7. The number of hydrogen-bond acceptors (Lipinski definition) is 3. The SMILES string of the molecule is Cc1cc([N+](=O)[O-])ccc1NC(=O)c1ccc(C(C)(C)C)cc1. The summed E-state index contributed by atoms with van der Waals surface area (Å²) < 4.78 is 0. The maximum atomic E-state index is 12.3. The molecule has 0 atom stereocenters. The van der Waals surface area contributed by atoms with Crippen LogP contribution in [0.3, 0.4) is 0 Å². The molecule has 0 saturated heterocycles. The second-order valence-corrected chi connectivity index (χ2v) is 6.54. The Kier molecular flexibility index (Phi) is 4.50. The molecule has 1 N–H and O–H groups in total. The van der Waals surface area contributed by atoms with Gasteiger partial charge in [0.15, 0.2) is 0 Å². The molecule has 0 unspecified atom stereocenters. The molecule has 0 saturated carbocycles. The third-order valence-corrected chi connectivity index (χ3v) is 3.68. The van der Waals surface area contributed by atoms with Crippen LogP contribution in [0.2, 0.25) is 0 Å². The topological polar surface area (TPSA) is 72.2 Å². The molecule has 0 aliphatic heterocycles. The van der Waals surface area contributed by atoms with Crippen LogP contribution in [0.15, 0.2) is 42.5 Å². The lowest BCUT2D eigenvalue weighted by molar-refractivity contribution is -0.384. The van der Waals surface area contributed by atoms with E-state index in [0.717, 1.165) is 5.56 Å². The van der Waals surface area contributed by atoms with Crippen LogP contribution in [-0.2, 0) is 5.41 Å². The highest BCUT2D eigenvalue weighted by atomic mass is 16.6. The van der Waals surface area contributed by atoms with Crippen LogP contribution in [0.5, 0.6) is 0 Å². The Morgan fingerprint density at radius 2 is 1.70 bits per heavy atom. The van der Waals surface area contributed by atoms with Crippen molar-refractivity contribution >= 4 is 17.3 Å². The van der Waals surface area contributed by atoms with Gasteiger partial charge in [-0.3, -0.25) is 14.9 Å². The van der Waals surface area contributed by atoms with Gasteiger partial charge in [-0.25, -0.2) is 0 Å². The average Bonchev–Trinajstić information content (AvgIpc) is 2.48. The molecule has 0 spiro atoms. The number of non-ortho nitro benzene ring substituents is 1. The predicted octanol–water partition coefficient (Wildman–Crippen LogP) is 4.45. The molecular formula is C18H20N2O3. The van der Waals surface area contributed by atoms with E-state index in [-0.39, 0.29) is 17.0 Å². The van der Waals surface area contributed by atoms with Crippen molar-refractivity contribution in [2.24, 2.45) is 0 Å². The van der Waals surface area contributed by atoms with Gasteiger partial charge in [-0.1, -0.05) is 32.9 Å². The summed E-state index contributed by atoms with van der Waals surface area (Å²) in [5.41, 5.74) is 2.97. The van der Waals surface area contributed by atoms with Gasteiger partial charge in [0.25, 0.3) is 11.6 Å². The maximum absolute atomic E-state index is 12.3. The zero-order chi connectivity index (χ0) is 17.2. The van der Waals surface area contributed by atoms with Crippen molar-refractivity contribution in [2.75, 3.05) is 5.32 Å². The Bertz CT molecular complexity index is 744. The van der Waals surface area contributed by atoms with E-state index in [1.807, 2.05) is 12.1 Å². The van der Waals surface area contributed by atoms with Crippen molar-refractivity contribution in [3.63, 3.8) is 0 Å². The maximum Gasteiger partial charge on any atom is 0.269 e. The molecule has 2 aromatic carbocycles. The van der Waals surface area contributed by atoms with E-state index >= 15 is 0 Å². The molecule has 5 heteroatoms. The fraction of sp³-hybridized carbons (Fsp3) is 0.278. The molecule has 0 radical (unpaired) electrons. The van der Waals surface area contributed by atoms with Crippen molar-refractivity contribution in [1.29, 1.82) is 0 Å². The van der Waals surface area contributed by atoms with Crippen LogP contribution in [0, 0.1) is 17.0 Å². The molecule has 0 aliphatic carbocycles. The van der Waals surface area contributed by atoms with E-state index in [4.69, 9.17) is 0 Å². The normalized spacial score (nSPS) is 11.1. The first-order valence-electron chi connectivity index (χ1n) is 7.35. The van der Waals surface area contributed by atoms with Gasteiger partial charge in [-0.05, 0) is 41.7 Å². The predicted molar refractivity (Wildman–Crippen MR) is 90.9 cm³/mol. The number of rotatable bonds is 3. The second-order valence-electron chi connectivity index (χ2n) is 6.54. The van der Waals surface area contributed by atoms with Gasteiger partial charge in [0.1, 0.15) is 0 Å². The summed E-state index contributed by atoms with van der Waals surface area (Å²) in [7, 11) is 0. The molecule has 0 heterocycles. The number of nitro groups is 1. The number of anilines is 1. The zero-order valence-electron chi connectivity index (χ0n) is 13.7. The summed E-state index contributed by atoms with van der Waals surface area (Å²) in [4.78, 5) is 22.6. The van der Waals surface area contributed by atoms with Crippen LogP contribution < -0.4 is 5.32 Å². The van der Waals surface area contributed by atoms with E-state index in [0.29, 0.717) is 16.8 Å². The molecule has 5 nitrogen and oxygen atoms in total. The summed E-state index contributed by atoms with van der Waals surface area (Å²) in [6.07, 6.45) is 0. The van der Waals surface area contributed by atoms with Crippen LogP contribution in [0.1, 0.15) is 42.3 Å². The number of aryl methyl sites for hydroxylation is 1. The van der Waals surface area contributed by atoms with Crippen LogP contribution in [-0.4, -0.2) is 10.8 Å². The van der Waals surface area contributed by atoms with Gasteiger partial charge in [0.2, 0.25) is 0 Å². The highest BCUT2D eigenvalue weighted by molar-refractivity contribution is 6.04. The Labute approximate surface area is 135 Å². The Balaban J connectivity index is 2.17. The fourth-order valence-corrected chi connectivity index (χ4v) is 2.22. The highest BCUT2D eigenvalue weighted by Gasteiger charge is 2.15. The summed E-state index contributed by atoms with van der Waals surface area (Å²) >= 11 is 0. The van der Waals surface area contributed by atoms with Crippen molar-refractivity contribution in [1.82, 2.24) is 0 Å². The fourth-order valence-electron chi connectivity index (χ4n) is 2.22. The number of nitrogens with one attached hydrogen (secondary N) is 1. The van der Waals surface area contributed by atoms with Crippen molar-refractivity contribution in [3.05, 3.63) is 69.3 Å². The van der Waals surface area contributed by atoms with Gasteiger partial charge in [-0.15, -0.1) is 0 Å². The number of nitrogens with zero attached hydrogens (tertiary/aromatic N) is 1. The van der Waals surface area contributed by atoms with Gasteiger partial charge >= 0.3 is 0 Å². The minimum Gasteiger partial charge on any atom is -0.322 e. The minimum atomic E-state index is -0.455. The van der Waals surface area contributed by atoms with Gasteiger partial charge < -0.3 is 5.32 Å². The lowest BCUT2D eigenvalue weighted by atomic mass is 9.87. The standard InChI is InChI=1S/C18H20N2O3/c1-12-11-15(20(22)23)9-10-16(12)19-17(21)13-5-7-14(8-6-13)18(2,3)4/h5-11H,1-4H3,(H,19,21). The molecule has 0 aromatic heterocycles. The molecule has 1 amide bonds. The van der Waals surface area contributed by atoms with E-state index < -0.39 is 4.92 Å². The first kappa shape index (κ1) is 16.7. The lowest BCUT2D eigenvalue weighted by Gasteiger charge is -2.19. The second kappa shape index (κ2) is 6.20. The number of hydrogen-bond donors (Lipinski definition) is 1. The smallest absolute Gasteiger partial charge is 0.269 e. The summed E-state index contributed by atoms with van der Waals surface area (Å²) in [6, 6.07) is 11.8. The third-order valence-electron chi connectivity index (χ3n) is 3.68. The van der Waals surface area contributed by atoms with Gasteiger partial charge in [-0.2, -0.15) is 0 Å². The molecule has 0 aliphatic rings. The monoisotopic (exact) mass is 312 g/mol. The minimum absolute atomic E-state index is 0.00929.